The van der Waals surface area contributed by atoms with Crippen LogP contribution in [0.4, 0.5) is 0 Å². The second kappa shape index (κ2) is 3.24. The minimum absolute atomic E-state index is 0.112. The summed E-state index contributed by atoms with van der Waals surface area (Å²) >= 11 is 0. The van der Waals surface area contributed by atoms with E-state index in [-0.39, 0.29) is 5.91 Å². The maximum Gasteiger partial charge on any atom is 0.217 e. The van der Waals surface area contributed by atoms with Crippen molar-refractivity contribution in [3.8, 4) is 0 Å². The van der Waals surface area contributed by atoms with E-state index < -0.39 is 0 Å². The Bertz CT molecular complexity index is 154. The van der Waals surface area contributed by atoms with Gasteiger partial charge in [0.1, 0.15) is 0 Å². The predicted octanol–water partition coefficient (Wildman–Crippen LogP) is 1.56. The normalized spacial score (nSPS) is 28.7. The Kier molecular flexibility index (Phi) is 2.53. The average Bonchev–Trinajstić information content (AvgIpc) is 2.43. The fourth-order valence-corrected chi connectivity index (χ4v) is 1.55. The van der Waals surface area contributed by atoms with Crippen molar-refractivity contribution >= 4 is 5.91 Å². The van der Waals surface area contributed by atoms with E-state index in [9.17, 15) is 4.79 Å². The van der Waals surface area contributed by atoms with Gasteiger partial charge >= 0.3 is 0 Å². The van der Waals surface area contributed by atoms with E-state index in [0.29, 0.717) is 6.04 Å². The molecule has 1 fully saturated rings. The Hall–Kier alpha value is -0.530. The molecule has 0 radical (unpaired) electrons. The SMILES string of the molecule is CC(=O)NC1CC1CC(C)C. The zero-order chi connectivity index (χ0) is 8.43. The summed E-state index contributed by atoms with van der Waals surface area (Å²) in [4.78, 5) is 10.6. The number of hydrogen-bond acceptors (Lipinski definition) is 1. The van der Waals surface area contributed by atoms with Gasteiger partial charge in [-0.05, 0) is 24.7 Å². The molecule has 1 amide bonds. The fraction of sp³-hybridized carbons (Fsp3) is 0.889. The summed E-state index contributed by atoms with van der Waals surface area (Å²) in [7, 11) is 0. The van der Waals surface area contributed by atoms with Gasteiger partial charge in [0.15, 0.2) is 0 Å². The molecule has 2 nitrogen and oxygen atoms in total. The number of rotatable bonds is 3. The highest BCUT2D eigenvalue weighted by Gasteiger charge is 2.37. The van der Waals surface area contributed by atoms with Gasteiger partial charge in [-0.3, -0.25) is 4.79 Å². The summed E-state index contributed by atoms with van der Waals surface area (Å²) in [6, 6.07) is 0.495. The zero-order valence-electron chi connectivity index (χ0n) is 7.55. The van der Waals surface area contributed by atoms with Crippen molar-refractivity contribution in [2.45, 2.75) is 39.7 Å². The van der Waals surface area contributed by atoms with Crippen LogP contribution < -0.4 is 5.32 Å². The lowest BCUT2D eigenvalue weighted by molar-refractivity contribution is -0.119. The van der Waals surface area contributed by atoms with Crippen LogP contribution in [-0.4, -0.2) is 11.9 Å². The molecule has 1 aliphatic rings. The van der Waals surface area contributed by atoms with Gasteiger partial charge in [0.05, 0.1) is 0 Å². The minimum atomic E-state index is 0.112. The van der Waals surface area contributed by atoms with E-state index in [1.165, 1.54) is 12.8 Å². The lowest BCUT2D eigenvalue weighted by Gasteiger charge is -2.03. The highest BCUT2D eigenvalue weighted by Crippen LogP contribution is 2.35. The van der Waals surface area contributed by atoms with E-state index in [1.807, 2.05) is 0 Å². The lowest BCUT2D eigenvalue weighted by atomic mass is 10.1. The number of hydrogen-bond donors (Lipinski definition) is 1. The molecule has 1 aliphatic carbocycles. The van der Waals surface area contributed by atoms with Crippen LogP contribution in [-0.2, 0) is 4.79 Å². The maximum atomic E-state index is 10.6. The van der Waals surface area contributed by atoms with Gasteiger partial charge in [0.2, 0.25) is 5.91 Å². The maximum absolute atomic E-state index is 10.6. The van der Waals surface area contributed by atoms with Crippen molar-refractivity contribution in [1.29, 1.82) is 0 Å². The smallest absolute Gasteiger partial charge is 0.217 e. The number of carbonyl (C=O) groups is 1. The third kappa shape index (κ3) is 2.91. The Morgan fingerprint density at radius 1 is 1.64 bits per heavy atom. The van der Waals surface area contributed by atoms with Gasteiger partial charge in [0, 0.05) is 13.0 Å². The molecule has 0 aliphatic heterocycles. The standard InChI is InChI=1S/C9H17NO/c1-6(2)4-8-5-9(8)10-7(3)11/h6,8-9H,4-5H2,1-3H3,(H,10,11). The predicted molar refractivity (Wildman–Crippen MR) is 45.2 cm³/mol. The summed E-state index contributed by atoms with van der Waals surface area (Å²) in [5.74, 6) is 1.64. The Morgan fingerprint density at radius 3 is 2.73 bits per heavy atom. The third-order valence-electron chi connectivity index (χ3n) is 2.09. The lowest BCUT2D eigenvalue weighted by Crippen LogP contribution is -2.23. The van der Waals surface area contributed by atoms with Crippen molar-refractivity contribution < 1.29 is 4.79 Å². The summed E-state index contributed by atoms with van der Waals surface area (Å²) in [6.45, 7) is 6.04. The van der Waals surface area contributed by atoms with Crippen LogP contribution in [0, 0.1) is 11.8 Å². The molecule has 0 spiro atoms. The first-order chi connectivity index (χ1) is 5.09. The molecular weight excluding hydrogens is 138 g/mol. The first kappa shape index (κ1) is 8.57. The van der Waals surface area contributed by atoms with Crippen molar-refractivity contribution in [2.75, 3.05) is 0 Å². The topological polar surface area (TPSA) is 29.1 Å². The fourth-order valence-electron chi connectivity index (χ4n) is 1.55. The van der Waals surface area contributed by atoms with Gasteiger partial charge in [0.25, 0.3) is 0 Å². The second-order valence-electron chi connectivity index (χ2n) is 3.93. The molecule has 2 heteroatoms. The van der Waals surface area contributed by atoms with E-state index >= 15 is 0 Å². The quantitative estimate of drug-likeness (QED) is 0.658. The molecule has 0 bridgehead atoms. The Balaban J connectivity index is 2.11. The van der Waals surface area contributed by atoms with Crippen LogP contribution >= 0.6 is 0 Å². The molecule has 0 aromatic heterocycles. The van der Waals surface area contributed by atoms with Crippen molar-refractivity contribution in [1.82, 2.24) is 5.32 Å². The Labute approximate surface area is 68.4 Å². The highest BCUT2D eigenvalue weighted by atomic mass is 16.1. The van der Waals surface area contributed by atoms with Crippen LogP contribution in [0.1, 0.15) is 33.6 Å². The molecule has 1 rings (SSSR count). The molecule has 0 heterocycles. The van der Waals surface area contributed by atoms with Gasteiger partial charge < -0.3 is 5.32 Å². The van der Waals surface area contributed by atoms with Crippen molar-refractivity contribution in [2.24, 2.45) is 11.8 Å². The summed E-state index contributed by atoms with van der Waals surface area (Å²) < 4.78 is 0. The van der Waals surface area contributed by atoms with E-state index in [1.54, 1.807) is 6.92 Å². The monoisotopic (exact) mass is 155 g/mol. The van der Waals surface area contributed by atoms with Crippen LogP contribution in [0.25, 0.3) is 0 Å². The highest BCUT2D eigenvalue weighted by molar-refractivity contribution is 5.73. The number of amides is 1. The minimum Gasteiger partial charge on any atom is -0.353 e. The summed E-state index contributed by atoms with van der Waals surface area (Å²) in [6.07, 6.45) is 2.45. The van der Waals surface area contributed by atoms with Crippen molar-refractivity contribution in [3.05, 3.63) is 0 Å². The second-order valence-corrected chi connectivity index (χ2v) is 3.93. The van der Waals surface area contributed by atoms with Gasteiger partial charge in [-0.25, -0.2) is 0 Å². The van der Waals surface area contributed by atoms with E-state index in [0.717, 1.165) is 11.8 Å². The molecular formula is C9H17NO. The average molecular weight is 155 g/mol. The van der Waals surface area contributed by atoms with Crippen LogP contribution in [0.5, 0.6) is 0 Å². The van der Waals surface area contributed by atoms with Crippen LogP contribution in [0.15, 0.2) is 0 Å². The molecule has 1 saturated carbocycles. The molecule has 2 unspecified atom stereocenters. The third-order valence-corrected chi connectivity index (χ3v) is 2.09. The Morgan fingerprint density at radius 2 is 2.27 bits per heavy atom. The molecule has 0 aromatic rings. The zero-order valence-corrected chi connectivity index (χ0v) is 7.55. The number of carbonyl (C=O) groups excluding carboxylic acids is 1. The summed E-state index contributed by atoms with van der Waals surface area (Å²) in [5.41, 5.74) is 0. The molecule has 0 aromatic carbocycles. The molecule has 11 heavy (non-hydrogen) atoms. The van der Waals surface area contributed by atoms with E-state index in [2.05, 4.69) is 19.2 Å². The summed E-state index contributed by atoms with van der Waals surface area (Å²) in [5, 5.41) is 2.93. The first-order valence-electron chi connectivity index (χ1n) is 4.36. The number of nitrogens with one attached hydrogen (secondary N) is 1. The van der Waals surface area contributed by atoms with Crippen molar-refractivity contribution in [3.63, 3.8) is 0 Å². The van der Waals surface area contributed by atoms with Gasteiger partial charge in [-0.1, -0.05) is 13.8 Å². The first-order valence-corrected chi connectivity index (χ1v) is 4.36. The largest absolute Gasteiger partial charge is 0.353 e. The van der Waals surface area contributed by atoms with Gasteiger partial charge in [-0.15, -0.1) is 0 Å². The molecule has 0 saturated heterocycles. The van der Waals surface area contributed by atoms with E-state index in [4.69, 9.17) is 0 Å². The molecule has 1 N–H and O–H groups in total. The molecule has 64 valence electrons. The van der Waals surface area contributed by atoms with Crippen LogP contribution in [0.3, 0.4) is 0 Å². The van der Waals surface area contributed by atoms with Crippen LogP contribution in [0.2, 0.25) is 0 Å². The van der Waals surface area contributed by atoms with Gasteiger partial charge in [-0.2, -0.15) is 0 Å². The molecule has 2 atom stereocenters.